The minimum Gasteiger partial charge on any atom is -0.307 e. The first kappa shape index (κ1) is 13.5. The molecule has 1 amide bonds. The zero-order valence-electron chi connectivity index (χ0n) is 12.2. The van der Waals surface area contributed by atoms with E-state index in [0.717, 1.165) is 22.6 Å². The Kier molecular flexibility index (Phi) is 3.52. The van der Waals surface area contributed by atoms with E-state index >= 15 is 0 Å². The molecule has 2 heterocycles. The fourth-order valence-corrected chi connectivity index (χ4v) is 2.58. The lowest BCUT2D eigenvalue weighted by Crippen LogP contribution is -2.37. The van der Waals surface area contributed by atoms with Crippen molar-refractivity contribution in [1.29, 1.82) is 0 Å². The predicted octanol–water partition coefficient (Wildman–Crippen LogP) is 3.35. The minimum absolute atomic E-state index is 0.0672. The number of pyridine rings is 1. The molecule has 1 aromatic carbocycles. The third-order valence-corrected chi connectivity index (χ3v) is 3.50. The lowest BCUT2D eigenvalue weighted by molar-refractivity contribution is -0.117. The highest BCUT2D eigenvalue weighted by Gasteiger charge is 2.26. The molecular formula is C17H17N3O. The zero-order valence-corrected chi connectivity index (χ0v) is 12.2. The van der Waals surface area contributed by atoms with Gasteiger partial charge in [0.15, 0.2) is 0 Å². The van der Waals surface area contributed by atoms with Crippen LogP contribution in [0, 0.1) is 0 Å². The van der Waals surface area contributed by atoms with Crippen LogP contribution in [0.15, 0.2) is 53.8 Å². The average molecular weight is 279 g/mol. The summed E-state index contributed by atoms with van der Waals surface area (Å²) in [6.07, 6.45) is 3.76. The van der Waals surface area contributed by atoms with Crippen LogP contribution in [0.4, 0.5) is 11.4 Å². The van der Waals surface area contributed by atoms with Gasteiger partial charge in [0, 0.05) is 24.0 Å². The summed E-state index contributed by atoms with van der Waals surface area (Å²) in [7, 11) is 0. The Labute approximate surface area is 124 Å². The van der Waals surface area contributed by atoms with E-state index in [1.165, 1.54) is 0 Å². The average Bonchev–Trinajstić information content (AvgIpc) is 2.63. The van der Waals surface area contributed by atoms with Gasteiger partial charge in [0.1, 0.15) is 0 Å². The molecule has 1 aliphatic rings. The van der Waals surface area contributed by atoms with Gasteiger partial charge in [-0.15, -0.1) is 0 Å². The fraction of sp³-hybridized carbons (Fsp3) is 0.235. The van der Waals surface area contributed by atoms with E-state index in [1.807, 2.05) is 55.1 Å². The predicted molar refractivity (Wildman–Crippen MR) is 84.1 cm³/mol. The number of carbonyl (C=O) groups is 1. The van der Waals surface area contributed by atoms with Crippen molar-refractivity contribution in [2.24, 2.45) is 4.99 Å². The van der Waals surface area contributed by atoms with Crippen LogP contribution >= 0.6 is 0 Å². The van der Waals surface area contributed by atoms with E-state index in [4.69, 9.17) is 4.99 Å². The van der Waals surface area contributed by atoms with Crippen molar-refractivity contribution in [3.63, 3.8) is 0 Å². The van der Waals surface area contributed by atoms with Crippen molar-refractivity contribution >= 4 is 23.0 Å². The first-order valence-electron chi connectivity index (χ1n) is 7.06. The van der Waals surface area contributed by atoms with Gasteiger partial charge >= 0.3 is 0 Å². The molecule has 106 valence electrons. The number of benzene rings is 1. The van der Waals surface area contributed by atoms with E-state index in [0.29, 0.717) is 6.42 Å². The van der Waals surface area contributed by atoms with Crippen molar-refractivity contribution in [3.05, 3.63) is 54.4 Å². The molecule has 0 fully saturated rings. The van der Waals surface area contributed by atoms with Crippen LogP contribution in [-0.4, -0.2) is 22.6 Å². The van der Waals surface area contributed by atoms with E-state index in [-0.39, 0.29) is 11.9 Å². The van der Waals surface area contributed by atoms with Gasteiger partial charge in [0.2, 0.25) is 5.91 Å². The molecule has 0 bridgehead atoms. The van der Waals surface area contributed by atoms with Crippen molar-refractivity contribution in [2.75, 3.05) is 4.90 Å². The highest BCUT2D eigenvalue weighted by Crippen LogP contribution is 2.33. The molecule has 4 nitrogen and oxygen atoms in total. The fourth-order valence-electron chi connectivity index (χ4n) is 2.58. The molecule has 0 spiro atoms. The van der Waals surface area contributed by atoms with Crippen LogP contribution in [0.25, 0.3) is 0 Å². The number of hydrogen-bond donors (Lipinski definition) is 0. The molecule has 2 aromatic rings. The SMILES string of the molecule is CC(C)N1C(=O)CC(c2cccnc2)=Nc2ccccc21. The standard InChI is InChI=1S/C17H17N3O/c1-12(2)20-16-8-4-3-7-14(16)19-15(10-17(20)21)13-6-5-9-18-11-13/h3-9,11-12H,10H2,1-2H3. The molecule has 4 heteroatoms. The Morgan fingerprint density at radius 2 is 1.95 bits per heavy atom. The van der Waals surface area contributed by atoms with Crippen LogP contribution in [-0.2, 0) is 4.79 Å². The van der Waals surface area contributed by atoms with Gasteiger partial charge in [0.05, 0.1) is 23.5 Å². The summed E-state index contributed by atoms with van der Waals surface area (Å²) in [5, 5.41) is 0. The van der Waals surface area contributed by atoms with E-state index < -0.39 is 0 Å². The molecular weight excluding hydrogens is 262 g/mol. The molecule has 1 aromatic heterocycles. The van der Waals surface area contributed by atoms with Gasteiger partial charge in [0.25, 0.3) is 0 Å². The Hall–Kier alpha value is -2.49. The van der Waals surface area contributed by atoms with Gasteiger partial charge in [-0.25, -0.2) is 0 Å². The molecule has 0 atom stereocenters. The summed E-state index contributed by atoms with van der Waals surface area (Å²) >= 11 is 0. The molecule has 0 unspecified atom stereocenters. The Morgan fingerprint density at radius 3 is 2.67 bits per heavy atom. The van der Waals surface area contributed by atoms with Crippen LogP contribution in [0.2, 0.25) is 0 Å². The number of aliphatic imine (C=N–C) groups is 1. The second kappa shape index (κ2) is 5.48. The lowest BCUT2D eigenvalue weighted by atomic mass is 10.1. The molecule has 0 N–H and O–H groups in total. The van der Waals surface area contributed by atoms with Gasteiger partial charge in [-0.3, -0.25) is 14.8 Å². The summed E-state index contributed by atoms with van der Waals surface area (Å²) in [4.78, 5) is 23.3. The summed E-state index contributed by atoms with van der Waals surface area (Å²) in [5.41, 5.74) is 3.36. The second-order valence-electron chi connectivity index (χ2n) is 5.32. The van der Waals surface area contributed by atoms with Crippen LogP contribution in [0.1, 0.15) is 25.8 Å². The number of para-hydroxylation sites is 2. The normalized spacial score (nSPS) is 14.7. The molecule has 0 saturated carbocycles. The maximum Gasteiger partial charge on any atom is 0.233 e. The maximum atomic E-state index is 12.6. The zero-order chi connectivity index (χ0) is 14.8. The van der Waals surface area contributed by atoms with E-state index in [2.05, 4.69) is 4.98 Å². The Balaban J connectivity index is 2.13. The number of anilines is 1. The number of rotatable bonds is 2. The van der Waals surface area contributed by atoms with Crippen LogP contribution in [0.5, 0.6) is 0 Å². The molecule has 21 heavy (non-hydrogen) atoms. The first-order chi connectivity index (χ1) is 10.2. The highest BCUT2D eigenvalue weighted by molar-refractivity contribution is 6.17. The van der Waals surface area contributed by atoms with Gasteiger partial charge < -0.3 is 4.90 Å². The second-order valence-corrected chi connectivity index (χ2v) is 5.32. The minimum atomic E-state index is 0.0672. The highest BCUT2D eigenvalue weighted by atomic mass is 16.2. The monoisotopic (exact) mass is 279 g/mol. The molecule has 0 radical (unpaired) electrons. The topological polar surface area (TPSA) is 45.6 Å². The van der Waals surface area contributed by atoms with E-state index in [9.17, 15) is 4.79 Å². The first-order valence-corrected chi connectivity index (χ1v) is 7.06. The summed E-state index contributed by atoms with van der Waals surface area (Å²) in [5.74, 6) is 0.0672. The largest absolute Gasteiger partial charge is 0.307 e. The Bertz CT molecular complexity index is 692. The van der Waals surface area contributed by atoms with Crippen molar-refractivity contribution in [2.45, 2.75) is 26.3 Å². The number of nitrogens with zero attached hydrogens (tertiary/aromatic N) is 3. The molecule has 0 aliphatic carbocycles. The van der Waals surface area contributed by atoms with Crippen molar-refractivity contribution in [1.82, 2.24) is 4.98 Å². The number of aromatic nitrogens is 1. The maximum absolute atomic E-state index is 12.6. The molecule has 0 saturated heterocycles. The van der Waals surface area contributed by atoms with Gasteiger partial charge in [-0.1, -0.05) is 18.2 Å². The molecule has 3 rings (SSSR count). The smallest absolute Gasteiger partial charge is 0.233 e. The van der Waals surface area contributed by atoms with Crippen LogP contribution in [0.3, 0.4) is 0 Å². The third-order valence-electron chi connectivity index (χ3n) is 3.50. The third kappa shape index (κ3) is 2.57. The molecule has 1 aliphatic heterocycles. The summed E-state index contributed by atoms with van der Waals surface area (Å²) in [6, 6.07) is 11.7. The quantitative estimate of drug-likeness (QED) is 0.846. The van der Waals surface area contributed by atoms with Crippen molar-refractivity contribution < 1.29 is 4.79 Å². The Morgan fingerprint density at radius 1 is 1.14 bits per heavy atom. The number of amides is 1. The number of fused-ring (bicyclic) bond motifs is 1. The number of hydrogen-bond acceptors (Lipinski definition) is 3. The van der Waals surface area contributed by atoms with Gasteiger partial charge in [-0.2, -0.15) is 0 Å². The van der Waals surface area contributed by atoms with Crippen molar-refractivity contribution in [3.8, 4) is 0 Å². The van der Waals surface area contributed by atoms with Crippen LogP contribution < -0.4 is 4.90 Å². The summed E-state index contributed by atoms with van der Waals surface area (Å²) < 4.78 is 0. The van der Waals surface area contributed by atoms with Gasteiger partial charge in [-0.05, 0) is 32.0 Å². The lowest BCUT2D eigenvalue weighted by Gasteiger charge is -2.26. The summed E-state index contributed by atoms with van der Waals surface area (Å²) in [6.45, 7) is 4.04. The van der Waals surface area contributed by atoms with E-state index in [1.54, 1.807) is 12.4 Å². The number of carbonyl (C=O) groups excluding carboxylic acids is 1.